The molecule has 0 radical (unpaired) electrons. The van der Waals surface area contributed by atoms with Gasteiger partial charge in [-0.2, -0.15) is 0 Å². The van der Waals surface area contributed by atoms with Gasteiger partial charge in [-0.1, -0.05) is 48.5 Å². The minimum atomic E-state index is -1.08. The molecule has 7 heteroatoms. The van der Waals surface area contributed by atoms with Gasteiger partial charge < -0.3 is 20.1 Å². The van der Waals surface area contributed by atoms with Crippen LogP contribution in [0.1, 0.15) is 49.1 Å². The van der Waals surface area contributed by atoms with Crippen molar-refractivity contribution in [3.63, 3.8) is 0 Å². The Labute approximate surface area is 191 Å². The molecule has 6 rings (SSSR count). The van der Waals surface area contributed by atoms with Crippen LogP contribution in [-0.4, -0.2) is 52.2 Å². The molecule has 0 aromatic heterocycles. The Morgan fingerprint density at radius 2 is 1.67 bits per heavy atom. The molecule has 3 aliphatic carbocycles. The van der Waals surface area contributed by atoms with E-state index in [9.17, 15) is 19.5 Å². The fourth-order valence-corrected chi connectivity index (χ4v) is 5.95. The zero-order valence-corrected chi connectivity index (χ0v) is 18.3. The van der Waals surface area contributed by atoms with Crippen LogP contribution in [0.3, 0.4) is 0 Å². The molecule has 1 heterocycles. The van der Waals surface area contributed by atoms with Gasteiger partial charge >= 0.3 is 12.1 Å². The number of piperidine rings is 1. The number of nitrogens with one attached hydrogen (secondary N) is 1. The standard InChI is InChI=1S/C26H26N2O5/c29-22(28-13-5-6-16-14-26(16,28)23(30)31)25(11-12-25)27-24(32)33-15-21-19-9-3-1-7-17(19)18-8-2-4-10-20(18)21/h1-4,7-10,16,21H,5-6,11-15H2,(H,27,32)(H,30,31). The van der Waals surface area contributed by atoms with E-state index in [0.717, 1.165) is 35.1 Å². The van der Waals surface area contributed by atoms with Crippen molar-refractivity contribution in [1.82, 2.24) is 10.2 Å². The first-order valence-corrected chi connectivity index (χ1v) is 11.6. The summed E-state index contributed by atoms with van der Waals surface area (Å²) >= 11 is 0. The van der Waals surface area contributed by atoms with Gasteiger partial charge in [0.25, 0.3) is 0 Å². The summed E-state index contributed by atoms with van der Waals surface area (Å²) in [7, 11) is 0. The first kappa shape index (κ1) is 20.3. The van der Waals surface area contributed by atoms with Crippen molar-refractivity contribution in [2.75, 3.05) is 13.2 Å². The third-order valence-electron chi connectivity index (χ3n) is 7.95. The average molecular weight is 447 g/mol. The number of amides is 2. The van der Waals surface area contributed by atoms with Gasteiger partial charge in [0.05, 0.1) is 0 Å². The molecule has 2 amide bonds. The summed E-state index contributed by atoms with van der Waals surface area (Å²) in [6.45, 7) is 0.602. The predicted molar refractivity (Wildman–Crippen MR) is 120 cm³/mol. The summed E-state index contributed by atoms with van der Waals surface area (Å²) in [6.07, 6.45) is 2.53. The molecular formula is C26H26N2O5. The van der Waals surface area contributed by atoms with Crippen molar-refractivity contribution in [3.05, 3.63) is 59.7 Å². The third kappa shape index (κ3) is 2.98. The number of hydrogen-bond acceptors (Lipinski definition) is 4. The smallest absolute Gasteiger partial charge is 0.408 e. The molecule has 2 unspecified atom stereocenters. The van der Waals surface area contributed by atoms with Gasteiger partial charge in [0, 0.05) is 12.5 Å². The molecule has 7 nitrogen and oxygen atoms in total. The van der Waals surface area contributed by atoms with E-state index in [1.165, 1.54) is 4.90 Å². The fraction of sp³-hybridized carbons (Fsp3) is 0.423. The highest BCUT2D eigenvalue weighted by molar-refractivity contribution is 5.98. The van der Waals surface area contributed by atoms with Crippen LogP contribution in [0.15, 0.2) is 48.5 Å². The number of likely N-dealkylation sites (tertiary alicyclic amines) is 1. The maximum absolute atomic E-state index is 13.3. The number of hydrogen-bond donors (Lipinski definition) is 2. The summed E-state index contributed by atoms with van der Waals surface area (Å²) in [4.78, 5) is 39.6. The summed E-state index contributed by atoms with van der Waals surface area (Å²) in [5.41, 5.74) is 2.45. The highest BCUT2D eigenvalue weighted by Crippen LogP contribution is 2.56. The molecule has 33 heavy (non-hydrogen) atoms. The lowest BCUT2D eigenvalue weighted by atomic mass is 9.98. The number of benzene rings is 2. The zero-order valence-electron chi connectivity index (χ0n) is 18.3. The maximum Gasteiger partial charge on any atom is 0.408 e. The normalized spacial score (nSPS) is 25.9. The van der Waals surface area contributed by atoms with Crippen LogP contribution >= 0.6 is 0 Å². The summed E-state index contributed by atoms with van der Waals surface area (Å²) < 4.78 is 5.63. The third-order valence-corrected chi connectivity index (χ3v) is 7.95. The number of carboxylic acids is 1. The van der Waals surface area contributed by atoms with E-state index < -0.39 is 23.1 Å². The molecule has 2 saturated carbocycles. The minimum Gasteiger partial charge on any atom is -0.479 e. The minimum absolute atomic E-state index is 0.0259. The number of carbonyl (C=O) groups excluding carboxylic acids is 2. The molecule has 2 atom stereocenters. The van der Waals surface area contributed by atoms with Crippen molar-refractivity contribution in [1.29, 1.82) is 0 Å². The second kappa shape index (κ2) is 7.07. The summed E-state index contributed by atoms with van der Waals surface area (Å²) in [5.74, 6) is -1.24. The molecule has 0 spiro atoms. The van der Waals surface area contributed by atoms with Gasteiger partial charge in [-0.05, 0) is 60.3 Å². The van der Waals surface area contributed by atoms with E-state index in [2.05, 4.69) is 29.6 Å². The van der Waals surface area contributed by atoms with Crippen LogP contribution in [-0.2, 0) is 14.3 Å². The van der Waals surface area contributed by atoms with E-state index >= 15 is 0 Å². The number of ether oxygens (including phenoxy) is 1. The topological polar surface area (TPSA) is 95.9 Å². The largest absolute Gasteiger partial charge is 0.479 e. The Hall–Kier alpha value is -3.35. The van der Waals surface area contributed by atoms with Crippen LogP contribution in [0.4, 0.5) is 4.79 Å². The Morgan fingerprint density at radius 1 is 1.03 bits per heavy atom. The van der Waals surface area contributed by atoms with Crippen LogP contribution in [0.25, 0.3) is 11.1 Å². The van der Waals surface area contributed by atoms with E-state index in [-0.39, 0.29) is 24.3 Å². The number of rotatable bonds is 5. The maximum atomic E-state index is 13.3. The van der Waals surface area contributed by atoms with Crippen LogP contribution in [0.2, 0.25) is 0 Å². The van der Waals surface area contributed by atoms with E-state index in [0.29, 0.717) is 25.8 Å². The Kier molecular flexibility index (Phi) is 4.34. The van der Waals surface area contributed by atoms with Gasteiger partial charge in [0.1, 0.15) is 17.7 Å². The number of alkyl carbamates (subject to hydrolysis) is 1. The molecule has 1 aliphatic heterocycles. The molecular weight excluding hydrogens is 420 g/mol. The van der Waals surface area contributed by atoms with Crippen molar-refractivity contribution in [3.8, 4) is 11.1 Å². The van der Waals surface area contributed by atoms with Gasteiger partial charge in [0.2, 0.25) is 5.91 Å². The number of nitrogens with zero attached hydrogens (tertiary/aromatic N) is 1. The van der Waals surface area contributed by atoms with Crippen LogP contribution in [0.5, 0.6) is 0 Å². The molecule has 170 valence electrons. The molecule has 1 saturated heterocycles. The molecule has 4 aliphatic rings. The number of fused-ring (bicyclic) bond motifs is 4. The number of carbonyl (C=O) groups is 3. The highest BCUT2D eigenvalue weighted by atomic mass is 16.5. The Morgan fingerprint density at radius 3 is 2.27 bits per heavy atom. The number of carboxylic acid groups (broad SMARTS) is 1. The van der Waals surface area contributed by atoms with Crippen LogP contribution in [0, 0.1) is 5.92 Å². The first-order chi connectivity index (χ1) is 16.0. The monoisotopic (exact) mass is 446 g/mol. The van der Waals surface area contributed by atoms with Gasteiger partial charge in [0.15, 0.2) is 0 Å². The highest BCUT2D eigenvalue weighted by Gasteiger charge is 2.69. The number of aliphatic carboxylic acids is 1. The molecule has 2 N–H and O–H groups in total. The quantitative estimate of drug-likeness (QED) is 0.733. The molecule has 3 fully saturated rings. The SMILES string of the molecule is O=C(NC1(C(=O)N2CCCC3CC32C(=O)O)CC1)OCC1c2ccccc2-c2ccccc21. The van der Waals surface area contributed by atoms with Crippen LogP contribution < -0.4 is 5.32 Å². The second-order valence-corrected chi connectivity index (χ2v) is 9.76. The van der Waals surface area contributed by atoms with Gasteiger partial charge in [-0.15, -0.1) is 0 Å². The van der Waals surface area contributed by atoms with Crippen molar-refractivity contribution < 1.29 is 24.2 Å². The molecule has 0 bridgehead atoms. The van der Waals surface area contributed by atoms with Gasteiger partial charge in [-0.25, -0.2) is 9.59 Å². The lowest BCUT2D eigenvalue weighted by Crippen LogP contribution is -2.58. The van der Waals surface area contributed by atoms with Crippen molar-refractivity contribution in [2.45, 2.75) is 49.1 Å². The Bertz CT molecular complexity index is 1130. The predicted octanol–water partition coefficient (Wildman–Crippen LogP) is 3.52. The van der Waals surface area contributed by atoms with Gasteiger partial charge in [-0.3, -0.25) is 4.79 Å². The van der Waals surface area contributed by atoms with E-state index in [1.54, 1.807) is 0 Å². The Balaban J connectivity index is 1.15. The average Bonchev–Trinajstić information content (AvgIpc) is 3.73. The van der Waals surface area contributed by atoms with Crippen molar-refractivity contribution >= 4 is 18.0 Å². The lowest BCUT2D eigenvalue weighted by Gasteiger charge is -2.36. The first-order valence-electron chi connectivity index (χ1n) is 11.6. The second-order valence-electron chi connectivity index (χ2n) is 9.76. The van der Waals surface area contributed by atoms with E-state index in [4.69, 9.17) is 4.74 Å². The lowest BCUT2D eigenvalue weighted by molar-refractivity contribution is -0.156. The van der Waals surface area contributed by atoms with Crippen molar-refractivity contribution in [2.24, 2.45) is 5.92 Å². The zero-order chi connectivity index (χ0) is 22.8. The molecule has 2 aromatic rings. The van der Waals surface area contributed by atoms with E-state index in [1.807, 2.05) is 24.3 Å². The molecule has 2 aromatic carbocycles. The summed E-state index contributed by atoms with van der Waals surface area (Å²) in [6, 6.07) is 16.2. The summed E-state index contributed by atoms with van der Waals surface area (Å²) in [5, 5.41) is 12.6. The fourth-order valence-electron chi connectivity index (χ4n) is 5.95.